The molecule has 2 amide bonds. The van der Waals surface area contributed by atoms with Crippen molar-refractivity contribution in [2.45, 2.75) is 32.2 Å². The number of nitrogens with zero attached hydrogens (tertiary/aromatic N) is 4. The summed E-state index contributed by atoms with van der Waals surface area (Å²) in [4.78, 5) is 39.0. The van der Waals surface area contributed by atoms with Gasteiger partial charge in [-0.2, -0.15) is 0 Å². The third-order valence-electron chi connectivity index (χ3n) is 6.49. The van der Waals surface area contributed by atoms with Crippen molar-refractivity contribution in [2.24, 2.45) is 0 Å². The fraction of sp³-hybridized carbons (Fsp3) is 0.407. The Morgan fingerprint density at radius 2 is 2.08 bits per heavy atom. The molecule has 4 heterocycles. The Bertz CT molecular complexity index is 1280. The smallest absolute Gasteiger partial charge is 0.256 e. The largest absolute Gasteiger partial charge is 0.456 e. The fourth-order valence-corrected chi connectivity index (χ4v) is 5.29. The third-order valence-corrected chi connectivity index (χ3v) is 7.31. The number of likely N-dealkylation sites (tertiary alicyclic amines) is 1. The van der Waals surface area contributed by atoms with Crippen LogP contribution in [0.5, 0.6) is 11.5 Å². The van der Waals surface area contributed by atoms with Crippen molar-refractivity contribution in [1.82, 2.24) is 25.1 Å². The van der Waals surface area contributed by atoms with Crippen LogP contribution in [0.15, 0.2) is 48.1 Å². The Morgan fingerprint density at radius 3 is 2.89 bits per heavy atom. The lowest BCUT2D eigenvalue weighted by Crippen LogP contribution is -2.49. The predicted molar refractivity (Wildman–Crippen MR) is 141 cm³/mol. The molecule has 4 bridgehead atoms. The highest BCUT2D eigenvalue weighted by Gasteiger charge is 2.35. The van der Waals surface area contributed by atoms with Crippen LogP contribution in [-0.4, -0.2) is 83.6 Å². The lowest BCUT2D eigenvalue weighted by molar-refractivity contribution is -0.123. The van der Waals surface area contributed by atoms with Gasteiger partial charge in [0, 0.05) is 44.9 Å². The predicted octanol–water partition coefficient (Wildman–Crippen LogP) is 2.63. The van der Waals surface area contributed by atoms with E-state index in [1.165, 1.54) is 11.1 Å². The zero-order chi connectivity index (χ0) is 26.5. The summed E-state index contributed by atoms with van der Waals surface area (Å²) >= 11 is 1.62. The molecular formula is C27H31N5O5S. The van der Waals surface area contributed by atoms with Crippen LogP contribution >= 0.6 is 11.3 Å². The number of ether oxygens (including phenoxy) is 3. The number of pyridine rings is 1. The summed E-state index contributed by atoms with van der Waals surface area (Å²) < 4.78 is 17.5. The van der Waals surface area contributed by atoms with E-state index >= 15 is 0 Å². The molecule has 200 valence electrons. The second-order valence-electron chi connectivity index (χ2n) is 9.45. The summed E-state index contributed by atoms with van der Waals surface area (Å²) in [5.41, 5.74) is 2.29. The summed E-state index contributed by atoms with van der Waals surface area (Å²) in [6, 6.07) is 9.02. The highest BCUT2D eigenvalue weighted by molar-refractivity contribution is 7.09. The first-order valence-corrected chi connectivity index (χ1v) is 13.4. The highest BCUT2D eigenvalue weighted by Crippen LogP contribution is 2.25. The molecule has 1 saturated heterocycles. The van der Waals surface area contributed by atoms with Crippen molar-refractivity contribution in [3.8, 4) is 11.5 Å². The Labute approximate surface area is 225 Å². The summed E-state index contributed by atoms with van der Waals surface area (Å²) in [5, 5.41) is 6.21. The van der Waals surface area contributed by atoms with Crippen molar-refractivity contribution < 1.29 is 23.8 Å². The Kier molecular flexibility index (Phi) is 8.28. The van der Waals surface area contributed by atoms with Gasteiger partial charge in [0.1, 0.15) is 11.5 Å². The molecule has 1 fully saturated rings. The molecule has 10 nitrogen and oxygen atoms in total. The molecule has 2 aliphatic rings. The number of nitrogens with one attached hydrogen (secondary N) is 1. The first-order chi connectivity index (χ1) is 18.5. The van der Waals surface area contributed by atoms with Gasteiger partial charge in [-0.15, -0.1) is 11.3 Å². The number of hydrogen-bond donors (Lipinski definition) is 1. The number of hydrogen-bond acceptors (Lipinski definition) is 9. The quantitative estimate of drug-likeness (QED) is 0.530. The van der Waals surface area contributed by atoms with E-state index in [4.69, 9.17) is 14.2 Å². The van der Waals surface area contributed by atoms with Crippen LogP contribution in [-0.2, 0) is 27.4 Å². The molecule has 0 spiro atoms. The molecule has 2 aliphatic heterocycles. The first-order valence-electron chi connectivity index (χ1n) is 12.5. The molecule has 5 rings (SSSR count). The summed E-state index contributed by atoms with van der Waals surface area (Å²) in [5.74, 6) is 0.475. The molecule has 1 N–H and O–H groups in total. The number of benzene rings is 1. The molecule has 3 aromatic rings. The van der Waals surface area contributed by atoms with Gasteiger partial charge < -0.3 is 24.4 Å². The number of aryl methyl sites for hydroxylation is 1. The monoisotopic (exact) mass is 537 g/mol. The maximum atomic E-state index is 13.4. The average Bonchev–Trinajstić information content (AvgIpc) is 3.49. The Morgan fingerprint density at radius 1 is 1.18 bits per heavy atom. The van der Waals surface area contributed by atoms with Crippen LogP contribution in [0, 0.1) is 6.92 Å². The van der Waals surface area contributed by atoms with Gasteiger partial charge in [0.25, 0.3) is 5.91 Å². The van der Waals surface area contributed by atoms with Crippen LogP contribution in [0.2, 0.25) is 0 Å². The minimum Gasteiger partial charge on any atom is -0.456 e. The van der Waals surface area contributed by atoms with Gasteiger partial charge in [0.15, 0.2) is 0 Å². The molecule has 0 saturated carbocycles. The van der Waals surface area contributed by atoms with Crippen LogP contribution in [0.1, 0.15) is 26.6 Å². The van der Waals surface area contributed by atoms with Crippen LogP contribution in [0.25, 0.3) is 0 Å². The summed E-state index contributed by atoms with van der Waals surface area (Å²) in [7, 11) is 1.56. The number of thiazole rings is 1. The Balaban J connectivity index is 1.41. The van der Waals surface area contributed by atoms with E-state index in [0.717, 1.165) is 16.3 Å². The SMILES string of the molecule is COCCN1CC(=O)N[C@H]2CN(Cc3csc(C)n3)C[C@@H]2OCc2cccc(c2)Oc2cncc(c2)C1=O. The second-order valence-corrected chi connectivity index (χ2v) is 10.5. The number of rotatable bonds is 5. The highest BCUT2D eigenvalue weighted by atomic mass is 32.1. The standard InChI is InChI=1S/C27H31N5O5S/c1-18-29-21(17-38-18)12-31-13-24-25(14-31)36-16-19-4-3-5-22(8-19)37-23-9-20(10-28-11-23)27(34)32(6-7-35-2)15-26(33)30-24/h3-5,8-11,17,24-25H,6-7,12-16H2,1-2H3,(H,30,33)/t24-,25-/m0/s1. The van der Waals surface area contributed by atoms with E-state index in [-0.39, 0.29) is 37.0 Å². The van der Waals surface area contributed by atoms with E-state index in [2.05, 4.69) is 25.6 Å². The molecule has 2 aromatic heterocycles. The number of carbonyl (C=O) groups excluding carboxylic acids is 2. The molecule has 0 radical (unpaired) electrons. The molecule has 11 heteroatoms. The number of methoxy groups -OCH3 is 1. The Hall–Kier alpha value is -3.38. The minimum atomic E-state index is -0.323. The topological polar surface area (TPSA) is 106 Å². The van der Waals surface area contributed by atoms with Crippen LogP contribution < -0.4 is 10.1 Å². The maximum absolute atomic E-state index is 13.4. The third kappa shape index (κ3) is 6.54. The van der Waals surface area contributed by atoms with E-state index in [1.807, 2.05) is 31.2 Å². The van der Waals surface area contributed by atoms with Gasteiger partial charge >= 0.3 is 0 Å². The number of aromatic nitrogens is 2. The number of carbonyl (C=O) groups is 2. The van der Waals surface area contributed by atoms with Gasteiger partial charge in [0.2, 0.25) is 5.91 Å². The van der Waals surface area contributed by atoms with E-state index in [0.29, 0.717) is 49.9 Å². The second kappa shape index (κ2) is 12.0. The maximum Gasteiger partial charge on any atom is 0.256 e. The van der Waals surface area contributed by atoms with Crippen molar-refractivity contribution in [2.75, 3.05) is 39.9 Å². The van der Waals surface area contributed by atoms with Gasteiger partial charge in [-0.05, 0) is 30.7 Å². The lowest BCUT2D eigenvalue weighted by atomic mass is 10.2. The molecule has 38 heavy (non-hydrogen) atoms. The molecule has 2 atom stereocenters. The van der Waals surface area contributed by atoms with Crippen molar-refractivity contribution in [1.29, 1.82) is 0 Å². The number of fused-ring (bicyclic) bond motifs is 5. The average molecular weight is 538 g/mol. The fourth-order valence-electron chi connectivity index (χ4n) is 4.69. The van der Waals surface area contributed by atoms with Gasteiger partial charge in [0.05, 0.1) is 54.4 Å². The van der Waals surface area contributed by atoms with Gasteiger partial charge in [-0.1, -0.05) is 12.1 Å². The summed E-state index contributed by atoms with van der Waals surface area (Å²) in [6.07, 6.45) is 2.80. The van der Waals surface area contributed by atoms with Crippen molar-refractivity contribution in [3.63, 3.8) is 0 Å². The summed E-state index contributed by atoms with van der Waals surface area (Å²) in [6.45, 7) is 4.76. The zero-order valence-corrected chi connectivity index (χ0v) is 22.3. The number of amides is 2. The lowest BCUT2D eigenvalue weighted by Gasteiger charge is -2.25. The normalized spacial score (nSPS) is 20.6. The zero-order valence-electron chi connectivity index (χ0n) is 21.5. The van der Waals surface area contributed by atoms with E-state index in [1.54, 1.807) is 30.7 Å². The van der Waals surface area contributed by atoms with Crippen LogP contribution in [0.3, 0.4) is 0 Å². The first kappa shape index (κ1) is 26.2. The molecule has 0 unspecified atom stereocenters. The molecular weight excluding hydrogens is 506 g/mol. The van der Waals surface area contributed by atoms with Gasteiger partial charge in [-0.3, -0.25) is 19.5 Å². The molecule has 1 aromatic carbocycles. The van der Waals surface area contributed by atoms with Gasteiger partial charge in [-0.25, -0.2) is 4.98 Å². The van der Waals surface area contributed by atoms with E-state index in [9.17, 15) is 9.59 Å². The van der Waals surface area contributed by atoms with E-state index < -0.39 is 0 Å². The molecule has 0 aliphatic carbocycles. The van der Waals surface area contributed by atoms with Crippen LogP contribution in [0.4, 0.5) is 0 Å². The van der Waals surface area contributed by atoms with Crippen molar-refractivity contribution >= 4 is 23.2 Å². The van der Waals surface area contributed by atoms with Crippen molar-refractivity contribution in [3.05, 3.63) is 69.9 Å². The minimum absolute atomic E-state index is 0.110.